The Balaban J connectivity index is 1.67. The third-order valence-corrected chi connectivity index (χ3v) is 7.14. The summed E-state index contributed by atoms with van der Waals surface area (Å²) in [5.41, 5.74) is 1.15. The molecule has 1 aromatic rings. The summed E-state index contributed by atoms with van der Waals surface area (Å²) in [4.78, 5) is 0. The Hall–Kier alpha value is -0.880. The molecule has 0 radical (unpaired) electrons. The molecule has 0 spiro atoms. The minimum absolute atomic E-state index is 0.340. The molecular formula is C13H21N3O2S. The lowest BCUT2D eigenvalue weighted by Crippen LogP contribution is -2.44. The van der Waals surface area contributed by atoms with Crippen LogP contribution >= 0.6 is 0 Å². The molecule has 0 aromatic carbocycles. The maximum Gasteiger partial charge on any atom is 0.219 e. The van der Waals surface area contributed by atoms with Gasteiger partial charge in [-0.3, -0.25) is 4.68 Å². The second-order valence-corrected chi connectivity index (χ2v) is 8.53. The minimum Gasteiger partial charge on any atom is -0.269 e. The smallest absolute Gasteiger partial charge is 0.219 e. The summed E-state index contributed by atoms with van der Waals surface area (Å²) in [5, 5.41) is 4.34. The van der Waals surface area contributed by atoms with Crippen LogP contribution in [0.15, 0.2) is 12.4 Å². The fourth-order valence-corrected chi connectivity index (χ4v) is 4.66. The van der Waals surface area contributed by atoms with E-state index >= 15 is 0 Å². The van der Waals surface area contributed by atoms with Crippen LogP contribution in [0.1, 0.15) is 44.2 Å². The summed E-state index contributed by atoms with van der Waals surface area (Å²) < 4.78 is 28.0. The number of piperidine rings is 1. The van der Waals surface area contributed by atoms with Gasteiger partial charge >= 0.3 is 0 Å². The molecule has 0 unspecified atom stereocenters. The van der Waals surface area contributed by atoms with Crippen LogP contribution in [0, 0.1) is 6.92 Å². The van der Waals surface area contributed by atoms with Crippen LogP contribution in [-0.2, 0) is 10.0 Å². The number of aryl methyl sites for hydroxylation is 1. The molecular weight excluding hydrogens is 262 g/mol. The molecule has 19 heavy (non-hydrogen) atoms. The van der Waals surface area contributed by atoms with E-state index in [1.807, 2.05) is 30.9 Å². The van der Waals surface area contributed by atoms with Gasteiger partial charge in [0.15, 0.2) is 0 Å². The van der Waals surface area contributed by atoms with Crippen molar-refractivity contribution in [3.8, 4) is 0 Å². The van der Waals surface area contributed by atoms with Crippen molar-refractivity contribution in [3.63, 3.8) is 0 Å². The zero-order valence-corrected chi connectivity index (χ0v) is 12.4. The van der Waals surface area contributed by atoms with Crippen LogP contribution in [0.3, 0.4) is 0 Å². The lowest BCUT2D eigenvalue weighted by molar-refractivity contribution is 0.259. The van der Waals surface area contributed by atoms with Gasteiger partial charge < -0.3 is 0 Å². The first-order valence-corrected chi connectivity index (χ1v) is 8.37. The standard InChI is InChI=1S/C13H21N3O2S/c1-11-9-14-16(10-11)12-3-7-15(8-4-12)19(17,18)13(2)5-6-13/h9-10,12H,3-8H2,1-2H3. The monoisotopic (exact) mass is 283 g/mol. The van der Waals surface area contributed by atoms with Crippen molar-refractivity contribution in [2.75, 3.05) is 13.1 Å². The summed E-state index contributed by atoms with van der Waals surface area (Å²) >= 11 is 0. The van der Waals surface area contributed by atoms with E-state index in [0.717, 1.165) is 31.2 Å². The minimum atomic E-state index is -3.09. The van der Waals surface area contributed by atoms with Crippen LogP contribution < -0.4 is 0 Å². The quantitative estimate of drug-likeness (QED) is 0.848. The van der Waals surface area contributed by atoms with Crippen LogP contribution in [0.25, 0.3) is 0 Å². The fourth-order valence-electron chi connectivity index (χ4n) is 2.73. The summed E-state index contributed by atoms with van der Waals surface area (Å²) in [6, 6.07) is 0.340. The first-order valence-electron chi connectivity index (χ1n) is 6.93. The summed E-state index contributed by atoms with van der Waals surface area (Å²) in [6.45, 7) is 5.14. The van der Waals surface area contributed by atoms with Crippen LogP contribution in [0.5, 0.6) is 0 Å². The van der Waals surface area contributed by atoms with E-state index in [1.54, 1.807) is 4.31 Å². The van der Waals surface area contributed by atoms with Gasteiger partial charge in [0.1, 0.15) is 0 Å². The maximum atomic E-state index is 12.4. The summed E-state index contributed by atoms with van der Waals surface area (Å²) in [7, 11) is -3.09. The summed E-state index contributed by atoms with van der Waals surface area (Å²) in [6.07, 6.45) is 7.24. The third-order valence-electron chi connectivity index (χ3n) is 4.44. The van der Waals surface area contributed by atoms with E-state index in [9.17, 15) is 8.42 Å². The molecule has 1 saturated heterocycles. The van der Waals surface area contributed by atoms with Gasteiger partial charge in [0.25, 0.3) is 0 Å². The average Bonchev–Trinajstić information content (AvgIpc) is 3.00. The predicted octanol–water partition coefficient (Wildman–Crippen LogP) is 1.71. The molecule has 1 aromatic heterocycles. The van der Waals surface area contributed by atoms with Gasteiger partial charge in [0.2, 0.25) is 10.0 Å². The molecule has 2 fully saturated rings. The van der Waals surface area contributed by atoms with Crippen molar-refractivity contribution < 1.29 is 8.42 Å². The van der Waals surface area contributed by atoms with E-state index in [-0.39, 0.29) is 0 Å². The lowest BCUT2D eigenvalue weighted by atomic mass is 10.1. The van der Waals surface area contributed by atoms with E-state index in [4.69, 9.17) is 0 Å². The molecule has 0 atom stereocenters. The highest BCUT2D eigenvalue weighted by Gasteiger charge is 2.53. The molecule has 0 amide bonds. The number of aromatic nitrogens is 2. The number of hydrogen-bond acceptors (Lipinski definition) is 3. The van der Waals surface area contributed by atoms with Gasteiger partial charge in [0.05, 0.1) is 17.0 Å². The average molecular weight is 283 g/mol. The molecule has 3 rings (SSSR count). The molecule has 1 aliphatic carbocycles. The summed E-state index contributed by atoms with van der Waals surface area (Å²) in [5.74, 6) is 0. The van der Waals surface area contributed by atoms with Gasteiger partial charge in [-0.15, -0.1) is 0 Å². The van der Waals surface area contributed by atoms with Crippen molar-refractivity contribution in [1.29, 1.82) is 0 Å². The highest BCUT2D eigenvalue weighted by atomic mass is 32.2. The van der Waals surface area contributed by atoms with Gasteiger partial charge in [-0.25, -0.2) is 12.7 Å². The van der Waals surface area contributed by atoms with E-state index in [1.165, 1.54) is 0 Å². The van der Waals surface area contributed by atoms with E-state index in [0.29, 0.717) is 19.1 Å². The van der Waals surface area contributed by atoms with Crippen molar-refractivity contribution in [3.05, 3.63) is 18.0 Å². The number of hydrogen-bond donors (Lipinski definition) is 0. The SMILES string of the molecule is Cc1cnn(C2CCN(S(=O)(=O)C3(C)CC3)CC2)c1. The number of rotatable bonds is 3. The van der Waals surface area contributed by atoms with Crippen LogP contribution in [0.4, 0.5) is 0 Å². The topological polar surface area (TPSA) is 55.2 Å². The van der Waals surface area contributed by atoms with Gasteiger partial charge in [-0.05, 0) is 45.1 Å². The molecule has 2 heterocycles. The Bertz CT molecular complexity index is 566. The van der Waals surface area contributed by atoms with Gasteiger partial charge in [-0.1, -0.05) is 0 Å². The second-order valence-electron chi connectivity index (χ2n) is 6.08. The predicted molar refractivity (Wildman–Crippen MR) is 73.4 cm³/mol. The Labute approximate surface area is 114 Å². The molecule has 1 saturated carbocycles. The Morgan fingerprint density at radius 1 is 1.32 bits per heavy atom. The van der Waals surface area contributed by atoms with Crippen molar-refractivity contribution in [1.82, 2.24) is 14.1 Å². The first-order chi connectivity index (χ1) is 8.92. The molecule has 5 nitrogen and oxygen atoms in total. The zero-order chi connectivity index (χ0) is 13.7. The van der Waals surface area contributed by atoms with Crippen LogP contribution in [0.2, 0.25) is 0 Å². The zero-order valence-electron chi connectivity index (χ0n) is 11.5. The van der Waals surface area contributed by atoms with Crippen molar-refractivity contribution >= 4 is 10.0 Å². The Morgan fingerprint density at radius 2 is 1.95 bits per heavy atom. The first kappa shape index (κ1) is 13.1. The highest BCUT2D eigenvalue weighted by molar-refractivity contribution is 7.90. The maximum absolute atomic E-state index is 12.4. The van der Waals surface area contributed by atoms with E-state index in [2.05, 4.69) is 5.10 Å². The van der Waals surface area contributed by atoms with Crippen molar-refractivity contribution in [2.45, 2.75) is 50.3 Å². The molecule has 1 aliphatic heterocycles. The van der Waals surface area contributed by atoms with E-state index < -0.39 is 14.8 Å². The lowest BCUT2D eigenvalue weighted by Gasteiger charge is -2.33. The largest absolute Gasteiger partial charge is 0.269 e. The molecule has 0 N–H and O–H groups in total. The second kappa shape index (κ2) is 4.31. The molecule has 0 bridgehead atoms. The Morgan fingerprint density at radius 3 is 2.42 bits per heavy atom. The Kier molecular flexibility index (Phi) is 2.98. The van der Waals surface area contributed by atoms with Crippen molar-refractivity contribution in [2.24, 2.45) is 0 Å². The molecule has 6 heteroatoms. The van der Waals surface area contributed by atoms with Gasteiger partial charge in [-0.2, -0.15) is 5.10 Å². The highest BCUT2D eigenvalue weighted by Crippen LogP contribution is 2.45. The number of nitrogens with zero attached hydrogens (tertiary/aromatic N) is 3. The normalized spacial score (nSPS) is 24.5. The van der Waals surface area contributed by atoms with Gasteiger partial charge in [0, 0.05) is 19.3 Å². The fraction of sp³-hybridized carbons (Fsp3) is 0.769. The molecule has 106 valence electrons. The molecule has 2 aliphatic rings. The van der Waals surface area contributed by atoms with Crippen LogP contribution in [-0.4, -0.2) is 40.3 Å². The number of sulfonamides is 1. The third kappa shape index (κ3) is 2.21.